The van der Waals surface area contributed by atoms with Crippen LogP contribution in [-0.4, -0.2) is 16.8 Å². The molecule has 0 spiro atoms. The van der Waals surface area contributed by atoms with Crippen LogP contribution in [0.25, 0.3) is 10.2 Å². The smallest absolute Gasteiger partial charge is 0.253 e. The van der Waals surface area contributed by atoms with Crippen molar-refractivity contribution < 1.29 is 9.59 Å². The number of benzene rings is 3. The van der Waals surface area contributed by atoms with E-state index in [0.717, 1.165) is 35.0 Å². The summed E-state index contributed by atoms with van der Waals surface area (Å²) in [6.07, 6.45) is 3.40. The van der Waals surface area contributed by atoms with Crippen LogP contribution in [0.15, 0.2) is 72.8 Å². The molecule has 5 nitrogen and oxygen atoms in total. The molecule has 0 radical (unpaired) electrons. The third kappa shape index (κ3) is 6.01. The quantitative estimate of drug-likeness (QED) is 0.270. The highest BCUT2D eigenvalue weighted by Crippen LogP contribution is 2.28. The SMILES string of the molecule is CCCCc1ccc2nc(NC(=O)CC(NC(=O)c3ccccc3Cl)c3ccccc3)sc2c1. The Bertz CT molecular complexity index is 1290. The highest BCUT2D eigenvalue weighted by molar-refractivity contribution is 7.22. The van der Waals surface area contributed by atoms with Gasteiger partial charge in [0.25, 0.3) is 5.91 Å². The predicted molar refractivity (Wildman–Crippen MR) is 140 cm³/mol. The molecule has 0 fully saturated rings. The van der Waals surface area contributed by atoms with Crippen molar-refractivity contribution in [3.8, 4) is 0 Å². The van der Waals surface area contributed by atoms with E-state index in [1.165, 1.54) is 16.9 Å². The zero-order chi connectivity index (χ0) is 23.9. The van der Waals surface area contributed by atoms with E-state index in [0.29, 0.717) is 15.7 Å². The summed E-state index contributed by atoms with van der Waals surface area (Å²) in [6, 6.07) is 22.0. The molecule has 4 aromatic rings. The first-order chi connectivity index (χ1) is 16.5. The van der Waals surface area contributed by atoms with Gasteiger partial charge in [-0.05, 0) is 48.2 Å². The molecule has 34 heavy (non-hydrogen) atoms. The van der Waals surface area contributed by atoms with E-state index in [9.17, 15) is 9.59 Å². The predicted octanol–water partition coefficient (Wildman–Crippen LogP) is 6.79. The van der Waals surface area contributed by atoms with Gasteiger partial charge in [0.1, 0.15) is 0 Å². The Morgan fingerprint density at radius 3 is 2.56 bits per heavy atom. The Balaban J connectivity index is 1.48. The largest absolute Gasteiger partial charge is 0.345 e. The number of fused-ring (bicyclic) bond motifs is 1. The van der Waals surface area contributed by atoms with Gasteiger partial charge in [-0.2, -0.15) is 0 Å². The van der Waals surface area contributed by atoms with Crippen molar-refractivity contribution >= 4 is 50.1 Å². The van der Waals surface area contributed by atoms with Crippen LogP contribution in [0, 0.1) is 0 Å². The van der Waals surface area contributed by atoms with Gasteiger partial charge in [0.15, 0.2) is 5.13 Å². The number of unbranched alkanes of at least 4 members (excludes halogenated alkanes) is 1. The first-order valence-corrected chi connectivity index (χ1v) is 12.5. The number of hydrogen-bond donors (Lipinski definition) is 2. The first kappa shape index (κ1) is 23.9. The summed E-state index contributed by atoms with van der Waals surface area (Å²) >= 11 is 7.65. The van der Waals surface area contributed by atoms with E-state index in [1.54, 1.807) is 24.3 Å². The normalized spacial score (nSPS) is 11.8. The molecule has 0 aliphatic carbocycles. The number of nitrogens with one attached hydrogen (secondary N) is 2. The van der Waals surface area contributed by atoms with Crippen LogP contribution in [0.5, 0.6) is 0 Å². The Labute approximate surface area is 208 Å². The molecule has 7 heteroatoms. The second-order valence-electron chi connectivity index (χ2n) is 8.09. The maximum Gasteiger partial charge on any atom is 0.253 e. The second-order valence-corrected chi connectivity index (χ2v) is 9.53. The lowest BCUT2D eigenvalue weighted by atomic mass is 10.0. The van der Waals surface area contributed by atoms with Crippen molar-refractivity contribution in [3.63, 3.8) is 0 Å². The topological polar surface area (TPSA) is 71.1 Å². The summed E-state index contributed by atoms with van der Waals surface area (Å²) in [5, 5.41) is 6.79. The lowest BCUT2D eigenvalue weighted by Gasteiger charge is -2.19. The molecule has 0 saturated heterocycles. The fourth-order valence-corrected chi connectivity index (χ4v) is 4.90. The van der Waals surface area contributed by atoms with E-state index < -0.39 is 6.04 Å². The molecule has 3 aromatic carbocycles. The number of aryl methyl sites for hydroxylation is 1. The molecular weight excluding hydrogens is 466 g/mol. The number of hydrogen-bond acceptors (Lipinski definition) is 4. The van der Waals surface area contributed by atoms with Crippen LogP contribution in [0.3, 0.4) is 0 Å². The van der Waals surface area contributed by atoms with Crippen molar-refractivity contribution in [3.05, 3.63) is 94.5 Å². The fraction of sp³-hybridized carbons (Fsp3) is 0.222. The molecule has 0 aliphatic rings. The van der Waals surface area contributed by atoms with Gasteiger partial charge in [0.05, 0.1) is 33.3 Å². The number of rotatable bonds is 9. The van der Waals surface area contributed by atoms with Gasteiger partial charge < -0.3 is 10.6 Å². The van der Waals surface area contributed by atoms with E-state index in [-0.39, 0.29) is 18.2 Å². The van der Waals surface area contributed by atoms with Crippen LogP contribution in [-0.2, 0) is 11.2 Å². The fourth-order valence-electron chi connectivity index (χ4n) is 3.73. The van der Waals surface area contributed by atoms with Crippen LogP contribution in [0.1, 0.15) is 53.7 Å². The summed E-state index contributed by atoms with van der Waals surface area (Å²) in [5.74, 6) is -0.551. The van der Waals surface area contributed by atoms with Crippen molar-refractivity contribution in [2.75, 3.05) is 5.32 Å². The maximum absolute atomic E-state index is 12.9. The van der Waals surface area contributed by atoms with E-state index in [4.69, 9.17) is 11.6 Å². The number of amides is 2. The molecule has 0 bridgehead atoms. The molecule has 2 amide bonds. The minimum Gasteiger partial charge on any atom is -0.345 e. The first-order valence-electron chi connectivity index (χ1n) is 11.3. The van der Waals surface area contributed by atoms with Gasteiger partial charge in [0, 0.05) is 0 Å². The molecular formula is C27H26ClN3O2S. The Morgan fingerprint density at radius 2 is 1.79 bits per heavy atom. The van der Waals surface area contributed by atoms with Crippen molar-refractivity contribution in [2.45, 2.75) is 38.6 Å². The number of anilines is 1. The van der Waals surface area contributed by atoms with Gasteiger partial charge in [0.2, 0.25) is 5.91 Å². The molecule has 174 valence electrons. The van der Waals surface area contributed by atoms with Crippen molar-refractivity contribution in [1.82, 2.24) is 10.3 Å². The third-order valence-electron chi connectivity index (χ3n) is 5.53. The van der Waals surface area contributed by atoms with E-state index in [1.807, 2.05) is 36.4 Å². The summed E-state index contributed by atoms with van der Waals surface area (Å²) in [6.45, 7) is 2.18. The van der Waals surface area contributed by atoms with Crippen molar-refractivity contribution in [1.29, 1.82) is 0 Å². The summed E-state index contributed by atoms with van der Waals surface area (Å²) < 4.78 is 1.05. The molecule has 0 saturated carbocycles. The summed E-state index contributed by atoms with van der Waals surface area (Å²) in [7, 11) is 0. The number of aromatic nitrogens is 1. The second kappa shape index (κ2) is 11.3. The highest BCUT2D eigenvalue weighted by Gasteiger charge is 2.21. The lowest BCUT2D eigenvalue weighted by molar-refractivity contribution is -0.116. The van der Waals surface area contributed by atoms with E-state index in [2.05, 4.69) is 34.7 Å². The molecule has 1 atom stereocenters. The van der Waals surface area contributed by atoms with E-state index >= 15 is 0 Å². The highest BCUT2D eigenvalue weighted by atomic mass is 35.5. The van der Waals surface area contributed by atoms with Crippen LogP contribution in [0.4, 0.5) is 5.13 Å². The number of halogens is 1. The Morgan fingerprint density at radius 1 is 1.03 bits per heavy atom. The Kier molecular flexibility index (Phi) is 7.93. The standard InChI is InChI=1S/C27H26ClN3O2S/c1-2-3-9-18-14-15-22-24(16-18)34-27(30-22)31-25(32)17-23(19-10-5-4-6-11-19)29-26(33)20-12-7-8-13-21(20)28/h4-8,10-16,23H,2-3,9,17H2,1H3,(H,29,33)(H,30,31,32). The summed E-state index contributed by atoms with van der Waals surface area (Å²) in [5.41, 5.74) is 3.35. The minimum absolute atomic E-state index is 0.0673. The summed E-state index contributed by atoms with van der Waals surface area (Å²) in [4.78, 5) is 30.4. The molecule has 2 N–H and O–H groups in total. The zero-order valence-electron chi connectivity index (χ0n) is 18.9. The molecule has 1 heterocycles. The number of carbonyl (C=O) groups is 2. The van der Waals surface area contributed by atoms with Gasteiger partial charge in [-0.3, -0.25) is 9.59 Å². The molecule has 1 unspecified atom stereocenters. The third-order valence-corrected chi connectivity index (χ3v) is 6.80. The molecule has 4 rings (SSSR count). The zero-order valence-corrected chi connectivity index (χ0v) is 20.5. The lowest BCUT2D eigenvalue weighted by Crippen LogP contribution is -2.31. The van der Waals surface area contributed by atoms with Crippen LogP contribution in [0.2, 0.25) is 5.02 Å². The number of thiazole rings is 1. The number of nitrogens with zero attached hydrogens (tertiary/aromatic N) is 1. The Hall–Kier alpha value is -3.22. The maximum atomic E-state index is 12.9. The van der Waals surface area contributed by atoms with Crippen LogP contribution >= 0.6 is 22.9 Å². The van der Waals surface area contributed by atoms with Crippen LogP contribution < -0.4 is 10.6 Å². The average Bonchev–Trinajstić information content (AvgIpc) is 3.24. The minimum atomic E-state index is -0.514. The molecule has 1 aromatic heterocycles. The molecule has 0 aliphatic heterocycles. The van der Waals surface area contributed by atoms with Gasteiger partial charge in [-0.15, -0.1) is 0 Å². The average molecular weight is 492 g/mol. The van der Waals surface area contributed by atoms with Gasteiger partial charge in [-0.1, -0.05) is 84.8 Å². The van der Waals surface area contributed by atoms with Gasteiger partial charge in [-0.25, -0.2) is 4.98 Å². The van der Waals surface area contributed by atoms with Gasteiger partial charge >= 0.3 is 0 Å². The van der Waals surface area contributed by atoms with Crippen molar-refractivity contribution in [2.24, 2.45) is 0 Å². The monoisotopic (exact) mass is 491 g/mol. The number of carbonyl (C=O) groups excluding carboxylic acids is 2.